The third kappa shape index (κ3) is 1.40. The molecule has 2 aromatic heterocycles. The molecule has 2 rings (SSSR count). The average molecular weight is 240 g/mol. The standard InChI is InChI=1S/C8H8N4O5/c1-16-5-4-6(9-3-10-7(4)13)11(12(14)15)8(5)17-2/h3H,1-2H3,(H,9,10,13). The van der Waals surface area contributed by atoms with Gasteiger partial charge in [0.15, 0.2) is 5.03 Å². The molecule has 0 bridgehead atoms. The average Bonchev–Trinajstić information content (AvgIpc) is 2.63. The second-order valence-corrected chi connectivity index (χ2v) is 3.02. The maximum Gasteiger partial charge on any atom is 0.304 e. The van der Waals surface area contributed by atoms with Crippen LogP contribution in [0.1, 0.15) is 0 Å². The van der Waals surface area contributed by atoms with E-state index in [1.807, 2.05) is 0 Å². The van der Waals surface area contributed by atoms with Crippen molar-refractivity contribution in [2.45, 2.75) is 0 Å². The van der Waals surface area contributed by atoms with E-state index in [1.165, 1.54) is 14.2 Å². The van der Waals surface area contributed by atoms with E-state index in [2.05, 4.69) is 9.97 Å². The number of hydrogen-bond acceptors (Lipinski definition) is 6. The summed E-state index contributed by atoms with van der Waals surface area (Å²) in [5, 5.41) is 10.2. The summed E-state index contributed by atoms with van der Waals surface area (Å²) in [6.45, 7) is 0. The first-order chi connectivity index (χ1) is 8.11. The fourth-order valence-corrected chi connectivity index (χ4v) is 1.57. The smallest absolute Gasteiger partial charge is 0.304 e. The van der Waals surface area contributed by atoms with Crippen LogP contribution in [0.15, 0.2) is 11.1 Å². The molecule has 1 N–H and O–H groups in total. The normalized spacial score (nSPS) is 10.5. The minimum absolute atomic E-state index is 0.0199. The van der Waals surface area contributed by atoms with Gasteiger partial charge in [0, 0.05) is 0 Å². The molecule has 0 aromatic carbocycles. The Morgan fingerprint density at radius 1 is 1.47 bits per heavy atom. The van der Waals surface area contributed by atoms with Crippen molar-refractivity contribution in [2.75, 3.05) is 14.2 Å². The van der Waals surface area contributed by atoms with Gasteiger partial charge in [0.25, 0.3) is 5.56 Å². The highest BCUT2D eigenvalue weighted by Gasteiger charge is 2.28. The van der Waals surface area contributed by atoms with Crippen molar-refractivity contribution >= 4 is 11.0 Å². The summed E-state index contributed by atoms with van der Waals surface area (Å²) in [6, 6.07) is 0. The van der Waals surface area contributed by atoms with Crippen molar-refractivity contribution in [1.82, 2.24) is 14.6 Å². The van der Waals surface area contributed by atoms with Gasteiger partial charge in [-0.25, -0.2) is 15.1 Å². The highest BCUT2D eigenvalue weighted by atomic mass is 16.7. The van der Waals surface area contributed by atoms with Gasteiger partial charge < -0.3 is 14.5 Å². The molecule has 9 heteroatoms. The molecule has 2 aromatic rings. The Labute approximate surface area is 93.7 Å². The van der Waals surface area contributed by atoms with Crippen molar-refractivity contribution in [2.24, 2.45) is 0 Å². The van der Waals surface area contributed by atoms with Crippen molar-refractivity contribution in [3.63, 3.8) is 0 Å². The quantitative estimate of drug-likeness (QED) is 0.586. The molecule has 0 radical (unpaired) electrons. The Bertz CT molecular complexity index is 643. The second-order valence-electron chi connectivity index (χ2n) is 3.02. The lowest BCUT2D eigenvalue weighted by molar-refractivity contribution is -0.539. The number of aromatic nitrogens is 3. The van der Waals surface area contributed by atoms with E-state index in [0.29, 0.717) is 4.68 Å². The number of H-pyrrole nitrogens is 1. The Kier molecular flexibility index (Phi) is 2.42. The van der Waals surface area contributed by atoms with E-state index in [4.69, 9.17) is 9.47 Å². The fraction of sp³-hybridized carbons (Fsp3) is 0.250. The summed E-state index contributed by atoms with van der Waals surface area (Å²) in [4.78, 5) is 28.6. The Morgan fingerprint density at radius 2 is 2.18 bits per heavy atom. The Hall–Kier alpha value is -2.58. The number of rotatable bonds is 3. The lowest BCUT2D eigenvalue weighted by Crippen LogP contribution is -2.12. The third-order valence-electron chi connectivity index (χ3n) is 2.21. The van der Waals surface area contributed by atoms with Crippen LogP contribution in [0.25, 0.3) is 11.0 Å². The van der Waals surface area contributed by atoms with Crippen LogP contribution >= 0.6 is 0 Å². The van der Waals surface area contributed by atoms with Gasteiger partial charge in [-0.05, 0) is 4.68 Å². The highest BCUT2D eigenvalue weighted by Crippen LogP contribution is 2.35. The van der Waals surface area contributed by atoms with Crippen LogP contribution in [0, 0.1) is 10.1 Å². The van der Waals surface area contributed by atoms with Crippen LogP contribution in [-0.4, -0.2) is 33.9 Å². The van der Waals surface area contributed by atoms with E-state index in [9.17, 15) is 14.9 Å². The maximum absolute atomic E-state index is 11.6. The first-order valence-corrected chi connectivity index (χ1v) is 4.46. The van der Waals surface area contributed by atoms with Gasteiger partial charge in [0.2, 0.25) is 11.4 Å². The first kappa shape index (κ1) is 10.9. The zero-order valence-electron chi connectivity index (χ0n) is 8.96. The van der Waals surface area contributed by atoms with Crippen molar-refractivity contribution in [3.05, 3.63) is 26.8 Å². The number of nitrogens with one attached hydrogen (secondary N) is 1. The number of nitro groups is 1. The summed E-state index contributed by atoms with van der Waals surface area (Å²) in [7, 11) is 2.53. The van der Waals surface area contributed by atoms with Gasteiger partial charge in [-0.15, -0.1) is 0 Å². The monoisotopic (exact) mass is 240 g/mol. The van der Waals surface area contributed by atoms with Gasteiger partial charge in [0.1, 0.15) is 5.39 Å². The van der Waals surface area contributed by atoms with E-state index < -0.39 is 10.6 Å². The third-order valence-corrected chi connectivity index (χ3v) is 2.21. The predicted molar refractivity (Wildman–Crippen MR) is 55.9 cm³/mol. The molecule has 0 unspecified atom stereocenters. The molecule has 2 heterocycles. The summed E-state index contributed by atoms with van der Waals surface area (Å²) < 4.78 is 10.4. The zero-order valence-corrected chi connectivity index (χ0v) is 8.96. The molecular formula is C8H8N4O5. The number of hydrogen-bond donors (Lipinski definition) is 1. The zero-order chi connectivity index (χ0) is 12.6. The lowest BCUT2D eigenvalue weighted by Gasteiger charge is -2.00. The summed E-state index contributed by atoms with van der Waals surface area (Å²) in [5.41, 5.74) is -0.668. The SMILES string of the molecule is COc1c(OC)n([N+](=O)[O-])c2nc[nH]c(=O)c12. The van der Waals surface area contributed by atoms with Crippen molar-refractivity contribution in [3.8, 4) is 11.6 Å². The van der Waals surface area contributed by atoms with Crippen LogP contribution in [0.5, 0.6) is 11.6 Å². The molecule has 0 aliphatic rings. The molecule has 0 saturated heterocycles. The van der Waals surface area contributed by atoms with E-state index in [-0.39, 0.29) is 22.7 Å². The minimum Gasteiger partial charge on any atom is -0.490 e. The van der Waals surface area contributed by atoms with E-state index >= 15 is 0 Å². The molecule has 17 heavy (non-hydrogen) atoms. The summed E-state index contributed by atoms with van der Waals surface area (Å²) in [6.07, 6.45) is 1.07. The van der Waals surface area contributed by atoms with Crippen LogP contribution in [0.2, 0.25) is 0 Å². The molecule has 0 saturated carbocycles. The molecule has 0 fully saturated rings. The van der Waals surface area contributed by atoms with Crippen LogP contribution in [-0.2, 0) is 0 Å². The first-order valence-electron chi connectivity index (χ1n) is 4.46. The topological polar surface area (TPSA) is 112 Å². The molecule has 0 aliphatic heterocycles. The maximum atomic E-state index is 11.6. The Morgan fingerprint density at radius 3 is 2.71 bits per heavy atom. The predicted octanol–water partition coefficient (Wildman–Crippen LogP) is -0.218. The van der Waals surface area contributed by atoms with Crippen LogP contribution in [0.4, 0.5) is 0 Å². The largest absolute Gasteiger partial charge is 0.490 e. The van der Waals surface area contributed by atoms with Gasteiger partial charge in [-0.1, -0.05) is 0 Å². The summed E-state index contributed by atoms with van der Waals surface area (Å²) >= 11 is 0. The van der Waals surface area contributed by atoms with Crippen molar-refractivity contribution < 1.29 is 14.5 Å². The van der Waals surface area contributed by atoms with Gasteiger partial charge in [-0.3, -0.25) is 4.79 Å². The molecule has 0 spiro atoms. The highest BCUT2D eigenvalue weighted by molar-refractivity contribution is 5.85. The van der Waals surface area contributed by atoms with E-state index in [1.54, 1.807) is 0 Å². The number of aromatic amines is 1. The fourth-order valence-electron chi connectivity index (χ4n) is 1.57. The van der Waals surface area contributed by atoms with Crippen LogP contribution in [0.3, 0.4) is 0 Å². The van der Waals surface area contributed by atoms with Gasteiger partial charge >= 0.3 is 5.88 Å². The minimum atomic E-state index is -0.740. The molecule has 90 valence electrons. The van der Waals surface area contributed by atoms with Gasteiger partial charge in [0.05, 0.1) is 20.5 Å². The number of ether oxygens (including phenoxy) is 2. The molecular weight excluding hydrogens is 232 g/mol. The lowest BCUT2D eigenvalue weighted by atomic mass is 10.4. The molecule has 0 aliphatic carbocycles. The number of nitrogens with zero attached hydrogens (tertiary/aromatic N) is 3. The molecule has 9 nitrogen and oxygen atoms in total. The van der Waals surface area contributed by atoms with Crippen molar-refractivity contribution in [1.29, 1.82) is 0 Å². The van der Waals surface area contributed by atoms with E-state index in [0.717, 1.165) is 6.33 Å². The van der Waals surface area contributed by atoms with Gasteiger partial charge in [-0.2, -0.15) is 0 Å². The number of methoxy groups -OCH3 is 2. The Balaban J connectivity index is 3.03. The molecule has 0 atom stereocenters. The molecule has 0 amide bonds. The van der Waals surface area contributed by atoms with Crippen LogP contribution < -0.4 is 15.0 Å². The number of fused-ring (bicyclic) bond motifs is 1. The summed E-state index contributed by atoms with van der Waals surface area (Å²) in [5.74, 6) is -0.203. The second kappa shape index (κ2) is 3.77.